The second kappa shape index (κ2) is 7.19. The van der Waals surface area contributed by atoms with Crippen LogP contribution in [-0.4, -0.2) is 20.8 Å². The predicted molar refractivity (Wildman–Crippen MR) is 104 cm³/mol. The maximum Gasteiger partial charge on any atom is 0.328 e. The maximum absolute atomic E-state index is 12.2. The van der Waals surface area contributed by atoms with Crippen molar-refractivity contribution in [3.63, 3.8) is 0 Å². The lowest BCUT2D eigenvalue weighted by atomic mass is 10.1. The van der Waals surface area contributed by atoms with E-state index in [0.717, 1.165) is 16.8 Å². The van der Waals surface area contributed by atoms with E-state index in [2.05, 4.69) is 24.4 Å². The molecule has 0 radical (unpaired) electrons. The Morgan fingerprint density at radius 2 is 1.80 bits per heavy atom. The van der Waals surface area contributed by atoms with Gasteiger partial charge in [0.25, 0.3) is 0 Å². The number of aryl methyl sites for hydroxylation is 3. The van der Waals surface area contributed by atoms with E-state index in [4.69, 9.17) is 0 Å². The first kappa shape index (κ1) is 17.4. The van der Waals surface area contributed by atoms with E-state index >= 15 is 0 Å². The van der Waals surface area contributed by atoms with Crippen LogP contribution < -0.4 is 11.0 Å². The fraction of sp³-hybridized carbons (Fsp3) is 0.263. The molecule has 0 atom stereocenters. The quantitative estimate of drug-likeness (QED) is 0.765. The van der Waals surface area contributed by atoms with E-state index in [0.29, 0.717) is 11.4 Å². The van der Waals surface area contributed by atoms with Gasteiger partial charge in [0, 0.05) is 25.5 Å². The van der Waals surface area contributed by atoms with E-state index < -0.39 is 0 Å². The third-order valence-electron chi connectivity index (χ3n) is 4.31. The number of aromatic nitrogens is 2. The summed E-state index contributed by atoms with van der Waals surface area (Å²) in [6.07, 6.45) is 0. The molecule has 0 aliphatic rings. The molecule has 3 aromatic rings. The van der Waals surface area contributed by atoms with Gasteiger partial charge >= 0.3 is 5.69 Å². The number of benzene rings is 2. The number of amides is 1. The molecule has 1 amide bonds. The van der Waals surface area contributed by atoms with Crippen LogP contribution in [0.4, 0.5) is 5.69 Å². The summed E-state index contributed by atoms with van der Waals surface area (Å²) < 4.78 is 3.18. The van der Waals surface area contributed by atoms with E-state index in [9.17, 15) is 9.59 Å². The molecule has 0 spiro atoms. The molecule has 1 aromatic heterocycles. The van der Waals surface area contributed by atoms with Crippen LogP contribution in [0.5, 0.6) is 0 Å². The zero-order valence-electron chi connectivity index (χ0n) is 14.6. The first-order valence-electron chi connectivity index (χ1n) is 8.05. The van der Waals surface area contributed by atoms with Crippen molar-refractivity contribution in [3.05, 3.63) is 64.1 Å². The highest BCUT2D eigenvalue weighted by Gasteiger charge is 2.10. The molecule has 6 heteroatoms. The molecule has 2 aromatic carbocycles. The smallest absolute Gasteiger partial charge is 0.325 e. The summed E-state index contributed by atoms with van der Waals surface area (Å²) in [4.78, 5) is 24.1. The minimum atomic E-state index is -0.0766. The van der Waals surface area contributed by atoms with Gasteiger partial charge in [0.15, 0.2) is 0 Å². The Labute approximate surface area is 150 Å². The van der Waals surface area contributed by atoms with Crippen molar-refractivity contribution in [3.8, 4) is 0 Å². The summed E-state index contributed by atoms with van der Waals surface area (Å²) in [6.45, 7) is 2.08. The number of thioether (sulfide) groups is 1. The van der Waals surface area contributed by atoms with Gasteiger partial charge in [-0.2, -0.15) is 0 Å². The summed E-state index contributed by atoms with van der Waals surface area (Å²) >= 11 is 1.59. The fourth-order valence-corrected chi connectivity index (χ4v) is 3.71. The highest BCUT2D eigenvalue weighted by Crippen LogP contribution is 2.19. The first-order valence-corrected chi connectivity index (χ1v) is 9.20. The number of imidazole rings is 1. The molecule has 1 heterocycles. The van der Waals surface area contributed by atoms with Crippen LogP contribution in [0.3, 0.4) is 0 Å². The summed E-state index contributed by atoms with van der Waals surface area (Å²) in [5, 5.41) is 2.91. The van der Waals surface area contributed by atoms with Crippen LogP contribution in [0.1, 0.15) is 11.1 Å². The van der Waals surface area contributed by atoms with Gasteiger partial charge in [-0.15, -0.1) is 11.8 Å². The second-order valence-corrected chi connectivity index (χ2v) is 7.06. The number of carbonyl (C=O) groups excluding carboxylic acids is 1. The number of anilines is 1. The standard InChI is InChI=1S/C19H21N3O2S/c1-13-6-4-5-7-14(13)11-25-12-18(23)20-15-8-9-16-17(10-15)22(3)19(24)21(16)2/h4-10H,11-12H2,1-3H3,(H,20,23). The normalized spacial score (nSPS) is 11.0. The lowest BCUT2D eigenvalue weighted by Crippen LogP contribution is -2.19. The molecule has 0 bridgehead atoms. The topological polar surface area (TPSA) is 56.0 Å². The SMILES string of the molecule is Cc1ccccc1CSCC(=O)Nc1ccc2c(c1)n(C)c(=O)n2C. The third kappa shape index (κ3) is 3.64. The molecular formula is C19H21N3O2S. The molecule has 25 heavy (non-hydrogen) atoms. The number of rotatable bonds is 5. The van der Waals surface area contributed by atoms with Crippen molar-refractivity contribution in [1.82, 2.24) is 9.13 Å². The van der Waals surface area contributed by atoms with Crippen molar-refractivity contribution in [2.75, 3.05) is 11.1 Å². The monoisotopic (exact) mass is 355 g/mol. The number of hydrogen-bond donors (Lipinski definition) is 1. The van der Waals surface area contributed by atoms with Gasteiger partial charge in [-0.3, -0.25) is 13.9 Å². The number of fused-ring (bicyclic) bond motifs is 1. The summed E-state index contributed by atoms with van der Waals surface area (Å²) in [5.74, 6) is 1.16. The molecule has 0 aliphatic heterocycles. The lowest BCUT2D eigenvalue weighted by molar-refractivity contribution is -0.113. The Morgan fingerprint density at radius 1 is 1.08 bits per heavy atom. The largest absolute Gasteiger partial charge is 0.328 e. The van der Waals surface area contributed by atoms with Gasteiger partial charge in [-0.05, 0) is 36.2 Å². The van der Waals surface area contributed by atoms with Crippen LogP contribution in [0.2, 0.25) is 0 Å². The molecule has 0 fully saturated rings. The van der Waals surface area contributed by atoms with Crippen LogP contribution in [0.25, 0.3) is 11.0 Å². The second-order valence-electron chi connectivity index (χ2n) is 6.07. The third-order valence-corrected chi connectivity index (χ3v) is 5.29. The number of nitrogens with one attached hydrogen (secondary N) is 1. The van der Waals surface area contributed by atoms with E-state index in [1.165, 1.54) is 11.1 Å². The van der Waals surface area contributed by atoms with Crippen LogP contribution >= 0.6 is 11.8 Å². The highest BCUT2D eigenvalue weighted by atomic mass is 32.2. The van der Waals surface area contributed by atoms with Gasteiger partial charge in [0.05, 0.1) is 16.8 Å². The molecule has 5 nitrogen and oxygen atoms in total. The van der Waals surface area contributed by atoms with Gasteiger partial charge in [0.2, 0.25) is 5.91 Å². The summed E-state index contributed by atoms with van der Waals surface area (Å²) in [6, 6.07) is 13.7. The molecule has 1 N–H and O–H groups in total. The van der Waals surface area contributed by atoms with Gasteiger partial charge in [0.1, 0.15) is 0 Å². The van der Waals surface area contributed by atoms with E-state index in [1.807, 2.05) is 30.3 Å². The van der Waals surface area contributed by atoms with E-state index in [-0.39, 0.29) is 11.6 Å². The van der Waals surface area contributed by atoms with Gasteiger partial charge in [-0.1, -0.05) is 24.3 Å². The van der Waals surface area contributed by atoms with Crippen LogP contribution in [-0.2, 0) is 24.6 Å². The van der Waals surface area contributed by atoms with Gasteiger partial charge in [-0.25, -0.2) is 4.79 Å². The van der Waals surface area contributed by atoms with E-state index in [1.54, 1.807) is 35.0 Å². The minimum absolute atomic E-state index is 0.0427. The maximum atomic E-state index is 12.2. The zero-order valence-corrected chi connectivity index (χ0v) is 15.4. The average molecular weight is 355 g/mol. The Kier molecular flexibility index (Phi) is 4.99. The zero-order chi connectivity index (χ0) is 18.0. The minimum Gasteiger partial charge on any atom is -0.325 e. The molecule has 130 valence electrons. The molecule has 3 rings (SSSR count). The highest BCUT2D eigenvalue weighted by molar-refractivity contribution is 7.99. The van der Waals surface area contributed by atoms with Gasteiger partial charge < -0.3 is 5.32 Å². The number of nitrogens with zero attached hydrogens (tertiary/aromatic N) is 2. The molecule has 0 saturated heterocycles. The number of hydrogen-bond acceptors (Lipinski definition) is 3. The Hall–Kier alpha value is -2.47. The molecule has 0 aliphatic carbocycles. The Morgan fingerprint density at radius 3 is 2.56 bits per heavy atom. The molecule has 0 saturated carbocycles. The lowest BCUT2D eigenvalue weighted by Gasteiger charge is -2.07. The van der Waals surface area contributed by atoms with Crippen molar-refractivity contribution in [2.45, 2.75) is 12.7 Å². The van der Waals surface area contributed by atoms with Crippen molar-refractivity contribution in [1.29, 1.82) is 0 Å². The summed E-state index contributed by atoms with van der Waals surface area (Å²) in [5.41, 5.74) is 4.77. The van der Waals surface area contributed by atoms with Crippen molar-refractivity contribution in [2.24, 2.45) is 14.1 Å². The number of carbonyl (C=O) groups is 1. The average Bonchev–Trinajstić information content (AvgIpc) is 2.81. The fourth-order valence-electron chi connectivity index (χ4n) is 2.81. The Bertz CT molecular complexity index is 988. The van der Waals surface area contributed by atoms with Crippen LogP contribution in [0.15, 0.2) is 47.3 Å². The Balaban J connectivity index is 1.63. The molecule has 0 unspecified atom stereocenters. The van der Waals surface area contributed by atoms with Crippen molar-refractivity contribution < 1.29 is 4.79 Å². The first-order chi connectivity index (χ1) is 12.0. The predicted octanol–water partition coefficient (Wildman–Crippen LogP) is 3.06. The molecular weight excluding hydrogens is 334 g/mol. The van der Waals surface area contributed by atoms with Crippen LogP contribution in [0, 0.1) is 6.92 Å². The van der Waals surface area contributed by atoms with Crippen molar-refractivity contribution >= 4 is 34.4 Å². The summed E-state index contributed by atoms with van der Waals surface area (Å²) in [7, 11) is 3.47.